The highest BCUT2D eigenvalue weighted by Crippen LogP contribution is 2.37. The summed E-state index contributed by atoms with van der Waals surface area (Å²) in [6.07, 6.45) is 2.39. The van der Waals surface area contributed by atoms with E-state index in [2.05, 4.69) is 15.0 Å². The first-order chi connectivity index (χ1) is 25.9. The van der Waals surface area contributed by atoms with Crippen LogP contribution in [0.4, 0.5) is 0 Å². The van der Waals surface area contributed by atoms with E-state index in [9.17, 15) is 19.8 Å². The number of likely N-dealkylation sites (tertiary alicyclic amines) is 2. The van der Waals surface area contributed by atoms with Crippen molar-refractivity contribution in [3.63, 3.8) is 0 Å². The maximum Gasteiger partial charge on any atom is 0.256 e. The Hall–Kier alpha value is -6.11. The van der Waals surface area contributed by atoms with Crippen LogP contribution in [0.1, 0.15) is 72.8 Å². The van der Waals surface area contributed by atoms with E-state index < -0.39 is 12.2 Å². The molecule has 0 aliphatic carbocycles. The van der Waals surface area contributed by atoms with E-state index in [1.807, 2.05) is 72.8 Å². The van der Waals surface area contributed by atoms with Gasteiger partial charge in [-0.2, -0.15) is 0 Å². The van der Waals surface area contributed by atoms with E-state index in [4.69, 9.17) is 14.4 Å². The number of rotatable bonds is 8. The zero-order valence-corrected chi connectivity index (χ0v) is 28.7. The van der Waals surface area contributed by atoms with Gasteiger partial charge < -0.3 is 34.4 Å². The molecule has 4 N–H and O–H groups in total. The summed E-state index contributed by atoms with van der Waals surface area (Å²) in [4.78, 5) is 51.2. The lowest BCUT2D eigenvalue weighted by Gasteiger charge is -2.25. The molecule has 4 aromatic carbocycles. The number of H-pyrrole nitrogens is 2. The molecule has 0 bridgehead atoms. The number of benzene rings is 4. The third-order valence-electron chi connectivity index (χ3n) is 10.4. The summed E-state index contributed by atoms with van der Waals surface area (Å²) in [6, 6.07) is 29.0. The monoisotopic (exact) mass is 707 g/mol. The summed E-state index contributed by atoms with van der Waals surface area (Å²) in [7, 11) is 0. The topological polar surface area (TPSA) is 164 Å². The van der Waals surface area contributed by atoms with Crippen LogP contribution in [0, 0.1) is 0 Å². The first-order valence-electron chi connectivity index (χ1n) is 17.9. The lowest BCUT2D eigenvalue weighted by Crippen LogP contribution is -2.35. The van der Waals surface area contributed by atoms with Gasteiger partial charge in [-0.25, -0.2) is 15.0 Å². The van der Waals surface area contributed by atoms with Crippen LogP contribution >= 0.6 is 0 Å². The van der Waals surface area contributed by atoms with E-state index in [1.165, 1.54) is 0 Å². The molecule has 0 spiro atoms. The molecule has 12 nitrogen and oxygen atoms in total. The van der Waals surface area contributed by atoms with Gasteiger partial charge in [0.05, 0.1) is 40.3 Å². The average Bonchev–Trinajstić information content (AvgIpc) is 4.05. The number of carbonyl (C=O) groups is 2. The van der Waals surface area contributed by atoms with Crippen LogP contribution in [0.2, 0.25) is 0 Å². The number of aliphatic hydroxyl groups excluding tert-OH is 2. The van der Waals surface area contributed by atoms with Crippen molar-refractivity contribution >= 4 is 33.9 Å². The molecule has 3 aromatic heterocycles. The van der Waals surface area contributed by atoms with Gasteiger partial charge in [-0.15, -0.1) is 0 Å². The number of carbonyl (C=O) groups excluding carboxylic acids is 2. The second kappa shape index (κ2) is 13.5. The number of nitrogens with zero attached hydrogens (tertiary/aromatic N) is 5. The van der Waals surface area contributed by atoms with Gasteiger partial charge in [0.1, 0.15) is 11.6 Å². The number of fused-ring (bicyclic) bond motifs is 2. The number of imidazole rings is 2. The fourth-order valence-corrected chi connectivity index (χ4v) is 7.70. The van der Waals surface area contributed by atoms with Gasteiger partial charge in [0.2, 0.25) is 5.89 Å². The molecule has 0 saturated carbocycles. The summed E-state index contributed by atoms with van der Waals surface area (Å²) >= 11 is 0. The third kappa shape index (κ3) is 6.05. The van der Waals surface area contributed by atoms with E-state index in [1.54, 1.807) is 40.3 Å². The Labute approximate surface area is 304 Å². The zero-order valence-electron chi connectivity index (χ0n) is 28.7. The normalized spacial score (nSPS) is 18.6. The minimum atomic E-state index is -1.23. The van der Waals surface area contributed by atoms with Crippen LogP contribution in [0.25, 0.3) is 44.8 Å². The standard InChI is InChI=1S/C41H37N7O5/c49-35(24-9-3-1-4-10-24)40(51)47-19-7-13-32(47)37-43-28-17-15-26(21-30(28)45-37)34-23-42-39(53-34)27-16-18-29-31(22-27)46-38(44-29)33-14-8-20-48(33)41(52)36(50)25-11-5-2-6-12-25/h1-6,9-12,15-18,21-23,32-33,35-36,49-50H,7-8,13-14,19-20H2,(H,43,45)(H,44,46)/t32-,33-,35+,36+/m0/s1. The molecule has 2 amide bonds. The van der Waals surface area contributed by atoms with Crippen molar-refractivity contribution in [3.8, 4) is 22.8 Å². The number of oxazole rings is 1. The Morgan fingerprint density at radius 1 is 0.679 bits per heavy atom. The van der Waals surface area contributed by atoms with Crippen LogP contribution < -0.4 is 0 Å². The molecule has 4 atom stereocenters. The number of aromatic amines is 2. The molecule has 5 heterocycles. The number of hydrogen-bond acceptors (Lipinski definition) is 8. The van der Waals surface area contributed by atoms with E-state index >= 15 is 0 Å². The molecule has 2 aliphatic heterocycles. The fraction of sp³-hybridized carbons (Fsp3) is 0.244. The summed E-state index contributed by atoms with van der Waals surface area (Å²) in [5, 5.41) is 21.6. The van der Waals surface area contributed by atoms with E-state index in [0.717, 1.165) is 58.9 Å². The van der Waals surface area contributed by atoms with Crippen LogP contribution in [-0.2, 0) is 9.59 Å². The molecule has 0 radical (unpaired) electrons. The molecule has 12 heteroatoms. The van der Waals surface area contributed by atoms with E-state index in [0.29, 0.717) is 47.5 Å². The lowest BCUT2D eigenvalue weighted by atomic mass is 10.1. The quantitative estimate of drug-likeness (QED) is 0.138. The highest BCUT2D eigenvalue weighted by molar-refractivity contribution is 5.85. The molecule has 53 heavy (non-hydrogen) atoms. The zero-order chi connectivity index (χ0) is 36.1. The van der Waals surface area contributed by atoms with Gasteiger partial charge in [0.15, 0.2) is 18.0 Å². The van der Waals surface area contributed by atoms with E-state index in [-0.39, 0.29) is 23.9 Å². The van der Waals surface area contributed by atoms with Gasteiger partial charge >= 0.3 is 0 Å². The molecule has 266 valence electrons. The largest absolute Gasteiger partial charge is 0.436 e. The molecule has 9 rings (SSSR count). The van der Waals surface area contributed by atoms with Crippen LogP contribution in [0.15, 0.2) is 108 Å². The molecule has 2 saturated heterocycles. The van der Waals surface area contributed by atoms with Gasteiger partial charge in [-0.05, 0) is 73.2 Å². The second-order valence-electron chi connectivity index (χ2n) is 13.7. The van der Waals surface area contributed by atoms with Crippen molar-refractivity contribution < 1.29 is 24.2 Å². The molecule has 2 fully saturated rings. The Balaban J connectivity index is 0.924. The Kier molecular flexibility index (Phi) is 8.32. The Bertz CT molecular complexity index is 2270. The smallest absolute Gasteiger partial charge is 0.256 e. The number of amides is 2. The van der Waals surface area contributed by atoms with Crippen molar-refractivity contribution in [2.45, 2.75) is 50.0 Å². The second-order valence-corrected chi connectivity index (χ2v) is 13.7. The van der Waals surface area contributed by atoms with Crippen molar-refractivity contribution in [3.05, 3.63) is 126 Å². The number of nitrogens with one attached hydrogen (secondary N) is 2. The predicted molar refractivity (Wildman–Crippen MR) is 197 cm³/mol. The maximum absolute atomic E-state index is 13.3. The number of aliphatic hydroxyl groups is 2. The first-order valence-corrected chi connectivity index (χ1v) is 17.9. The SMILES string of the molecule is O=C([C@H](O)c1ccccc1)N1CCC[C@H]1c1nc2cc(-c3cnc(-c4ccc5nc([C@@H]6CCCN6C(=O)[C@H](O)c6ccccc6)[nH]c5c4)o3)ccc2[nH]1. The van der Waals surface area contributed by atoms with Crippen LogP contribution in [0.5, 0.6) is 0 Å². The number of hydrogen-bond donors (Lipinski definition) is 4. The highest BCUT2D eigenvalue weighted by atomic mass is 16.4. The third-order valence-corrected chi connectivity index (χ3v) is 10.4. The van der Waals surface area contributed by atoms with Crippen molar-refractivity contribution in [2.24, 2.45) is 0 Å². The van der Waals surface area contributed by atoms with Crippen LogP contribution in [0.3, 0.4) is 0 Å². The van der Waals surface area contributed by atoms with Gasteiger partial charge in [0, 0.05) is 24.2 Å². The van der Waals surface area contributed by atoms with Crippen LogP contribution in [-0.4, -0.2) is 69.8 Å². The fourth-order valence-electron chi connectivity index (χ4n) is 7.70. The molecular formula is C41H37N7O5. The summed E-state index contributed by atoms with van der Waals surface area (Å²) in [6.45, 7) is 1.11. The number of aromatic nitrogens is 5. The van der Waals surface area contributed by atoms with Gasteiger partial charge in [-0.1, -0.05) is 60.7 Å². The average molecular weight is 708 g/mol. The minimum absolute atomic E-state index is 0.260. The van der Waals surface area contributed by atoms with Crippen molar-refractivity contribution in [2.75, 3.05) is 13.1 Å². The van der Waals surface area contributed by atoms with Crippen molar-refractivity contribution in [1.29, 1.82) is 0 Å². The summed E-state index contributed by atoms with van der Waals surface area (Å²) < 4.78 is 6.26. The lowest BCUT2D eigenvalue weighted by molar-refractivity contribution is -0.142. The van der Waals surface area contributed by atoms with Gasteiger partial charge in [-0.3, -0.25) is 9.59 Å². The molecule has 7 aromatic rings. The molecular weight excluding hydrogens is 670 g/mol. The predicted octanol–water partition coefficient (Wildman–Crippen LogP) is 6.56. The summed E-state index contributed by atoms with van der Waals surface area (Å²) in [5.74, 6) is 1.74. The Morgan fingerprint density at radius 2 is 1.25 bits per heavy atom. The van der Waals surface area contributed by atoms with Crippen molar-refractivity contribution in [1.82, 2.24) is 34.7 Å². The Morgan fingerprint density at radius 3 is 1.87 bits per heavy atom. The maximum atomic E-state index is 13.3. The molecule has 2 aliphatic rings. The molecule has 0 unspecified atom stereocenters. The van der Waals surface area contributed by atoms with Gasteiger partial charge in [0.25, 0.3) is 11.8 Å². The summed E-state index contributed by atoms with van der Waals surface area (Å²) in [5.41, 5.74) is 5.84. The first kappa shape index (κ1) is 32.8. The minimum Gasteiger partial charge on any atom is -0.436 e. The highest BCUT2D eigenvalue weighted by Gasteiger charge is 2.37.